The van der Waals surface area contributed by atoms with Gasteiger partial charge in [-0.1, -0.05) is 17.7 Å². The van der Waals surface area contributed by atoms with Gasteiger partial charge in [0.05, 0.1) is 17.8 Å². The molecular formula is C25H30ClN5S. The largest absolute Gasteiger partial charge is 0.352 e. The number of hydrogen-bond acceptors (Lipinski definition) is 3. The second-order valence-corrected chi connectivity index (χ2v) is 9.44. The molecule has 1 N–H and O–H groups in total. The van der Waals surface area contributed by atoms with Crippen molar-refractivity contribution < 1.29 is 0 Å². The molecule has 5 nitrogen and oxygen atoms in total. The number of hydrogen-bond donors (Lipinski definition) is 1. The number of benzene rings is 1. The molecule has 1 aliphatic rings. The lowest BCUT2D eigenvalue weighted by atomic mass is 9.96. The van der Waals surface area contributed by atoms with Gasteiger partial charge >= 0.3 is 0 Å². The molecule has 0 aliphatic carbocycles. The van der Waals surface area contributed by atoms with E-state index in [0.717, 1.165) is 41.0 Å². The second-order valence-electron chi connectivity index (χ2n) is 8.62. The third-order valence-electron chi connectivity index (χ3n) is 6.08. The molecule has 0 bridgehead atoms. The molecule has 2 atom stereocenters. The minimum Gasteiger partial charge on any atom is -0.352 e. The maximum atomic E-state index is 6.13. The van der Waals surface area contributed by atoms with Gasteiger partial charge in [0.15, 0.2) is 5.11 Å². The van der Waals surface area contributed by atoms with E-state index in [9.17, 15) is 0 Å². The highest BCUT2D eigenvalue weighted by Crippen LogP contribution is 2.41. The summed E-state index contributed by atoms with van der Waals surface area (Å²) in [5.41, 5.74) is 5.78. The van der Waals surface area contributed by atoms with E-state index < -0.39 is 0 Å². The smallest absolute Gasteiger partial charge is 0.170 e. The van der Waals surface area contributed by atoms with Gasteiger partial charge < -0.3 is 19.7 Å². The molecule has 0 amide bonds. The first-order chi connectivity index (χ1) is 15.4. The molecule has 0 spiro atoms. The first kappa shape index (κ1) is 22.8. The van der Waals surface area contributed by atoms with E-state index in [4.69, 9.17) is 23.8 Å². The van der Waals surface area contributed by atoms with Gasteiger partial charge in [0.25, 0.3) is 0 Å². The number of nitrogens with one attached hydrogen (secondary N) is 1. The Morgan fingerprint density at radius 1 is 1.12 bits per heavy atom. The number of rotatable bonds is 7. The van der Waals surface area contributed by atoms with E-state index in [-0.39, 0.29) is 12.1 Å². The highest BCUT2D eigenvalue weighted by atomic mass is 35.5. The van der Waals surface area contributed by atoms with E-state index >= 15 is 0 Å². The van der Waals surface area contributed by atoms with Gasteiger partial charge in [-0.2, -0.15) is 0 Å². The summed E-state index contributed by atoms with van der Waals surface area (Å²) in [6.45, 7) is 6.25. The lowest BCUT2D eigenvalue weighted by Gasteiger charge is -2.28. The van der Waals surface area contributed by atoms with Crippen molar-refractivity contribution in [3.8, 4) is 5.69 Å². The average molecular weight is 468 g/mol. The monoisotopic (exact) mass is 467 g/mol. The molecular weight excluding hydrogens is 438 g/mol. The summed E-state index contributed by atoms with van der Waals surface area (Å²) < 4.78 is 2.29. The Kier molecular flexibility index (Phi) is 6.84. The zero-order chi connectivity index (χ0) is 22.8. The molecule has 4 rings (SSSR count). The fourth-order valence-electron chi connectivity index (χ4n) is 4.62. The fraction of sp³-hybridized carbons (Fsp3) is 0.360. The van der Waals surface area contributed by atoms with Crippen LogP contribution in [0.15, 0.2) is 54.7 Å². The minimum absolute atomic E-state index is 0.00206. The maximum absolute atomic E-state index is 6.13. The predicted molar refractivity (Wildman–Crippen MR) is 136 cm³/mol. The van der Waals surface area contributed by atoms with Crippen molar-refractivity contribution in [1.29, 1.82) is 0 Å². The Morgan fingerprint density at radius 2 is 1.88 bits per heavy atom. The van der Waals surface area contributed by atoms with E-state index in [2.05, 4.69) is 76.9 Å². The predicted octanol–water partition coefficient (Wildman–Crippen LogP) is 5.07. The first-order valence-electron chi connectivity index (χ1n) is 10.9. The Morgan fingerprint density at radius 3 is 2.53 bits per heavy atom. The molecule has 1 aliphatic heterocycles. The Balaban J connectivity index is 1.76. The normalized spacial score (nSPS) is 18.4. The van der Waals surface area contributed by atoms with Crippen LogP contribution in [-0.2, 0) is 0 Å². The van der Waals surface area contributed by atoms with Crippen LogP contribution in [0.25, 0.3) is 5.69 Å². The third-order valence-corrected chi connectivity index (χ3v) is 6.68. The number of aryl methyl sites for hydroxylation is 1. The molecule has 1 saturated heterocycles. The molecule has 1 aromatic carbocycles. The third kappa shape index (κ3) is 4.53. The first-order valence-corrected chi connectivity index (χ1v) is 11.7. The standard InChI is InChI=1S/C25H30ClN5S/c1-17-16-21(18(2)31(17)20-11-9-19(26)10-12-20)24-23(22-8-5-6-13-27-22)28-25(32)30(24)15-7-14-29(3)4/h5-6,8-13,16,23-24H,7,14-15H2,1-4H3,(H,28,32)/t23-,24-/m0/s1. The molecule has 7 heteroatoms. The fourth-order valence-corrected chi connectivity index (χ4v) is 5.07. The average Bonchev–Trinajstić information content (AvgIpc) is 3.25. The van der Waals surface area contributed by atoms with Crippen molar-refractivity contribution in [2.45, 2.75) is 32.4 Å². The molecule has 168 valence electrons. The van der Waals surface area contributed by atoms with Crippen molar-refractivity contribution in [3.05, 3.63) is 82.4 Å². The van der Waals surface area contributed by atoms with Gasteiger partial charge in [-0.25, -0.2) is 0 Å². The van der Waals surface area contributed by atoms with E-state index in [1.165, 1.54) is 17.0 Å². The van der Waals surface area contributed by atoms with Crippen molar-refractivity contribution in [1.82, 2.24) is 24.7 Å². The lowest BCUT2D eigenvalue weighted by Crippen LogP contribution is -2.32. The van der Waals surface area contributed by atoms with Crippen molar-refractivity contribution in [2.24, 2.45) is 0 Å². The topological polar surface area (TPSA) is 36.3 Å². The summed E-state index contributed by atoms with van der Waals surface area (Å²) >= 11 is 11.9. The second kappa shape index (κ2) is 9.61. The number of nitrogens with zero attached hydrogens (tertiary/aromatic N) is 4. The number of aromatic nitrogens is 2. The number of halogens is 1. The van der Waals surface area contributed by atoms with Crippen molar-refractivity contribution in [3.63, 3.8) is 0 Å². The summed E-state index contributed by atoms with van der Waals surface area (Å²) in [5, 5.41) is 5.10. The van der Waals surface area contributed by atoms with E-state index in [1.54, 1.807) is 0 Å². The number of pyridine rings is 1. The van der Waals surface area contributed by atoms with Gasteiger partial charge in [0, 0.05) is 34.8 Å². The van der Waals surface area contributed by atoms with Crippen LogP contribution in [0.1, 0.15) is 41.1 Å². The molecule has 3 heterocycles. The van der Waals surface area contributed by atoms with Crippen molar-refractivity contribution >= 4 is 28.9 Å². The SMILES string of the molecule is Cc1cc([C@H]2[C@H](c3ccccn3)NC(=S)N2CCCN(C)C)c(C)n1-c1ccc(Cl)cc1. The molecule has 0 saturated carbocycles. The summed E-state index contributed by atoms with van der Waals surface area (Å²) in [4.78, 5) is 9.21. The van der Waals surface area contributed by atoms with Crippen LogP contribution in [0.4, 0.5) is 0 Å². The molecule has 3 aromatic rings. The van der Waals surface area contributed by atoms with E-state index in [0.29, 0.717) is 0 Å². The summed E-state index contributed by atoms with van der Waals surface area (Å²) in [7, 11) is 4.21. The Hall–Kier alpha value is -2.41. The van der Waals surface area contributed by atoms with Gasteiger partial charge in [-0.15, -0.1) is 0 Å². The Labute approximate surface area is 201 Å². The molecule has 2 aromatic heterocycles. The van der Waals surface area contributed by atoms with Crippen LogP contribution in [0.3, 0.4) is 0 Å². The molecule has 0 radical (unpaired) electrons. The number of thiocarbonyl (C=S) groups is 1. The van der Waals surface area contributed by atoms with Gasteiger partial charge in [0.2, 0.25) is 0 Å². The summed E-state index contributed by atoms with van der Waals surface area (Å²) in [6, 6.07) is 16.4. The zero-order valence-electron chi connectivity index (χ0n) is 19.0. The Bertz CT molecular complexity index is 1080. The van der Waals surface area contributed by atoms with Crippen molar-refractivity contribution in [2.75, 3.05) is 27.2 Å². The molecule has 32 heavy (non-hydrogen) atoms. The molecule has 0 unspecified atom stereocenters. The minimum atomic E-state index is 0.00206. The summed E-state index contributed by atoms with van der Waals surface area (Å²) in [6.07, 6.45) is 2.89. The van der Waals surface area contributed by atoms with Gasteiger partial charge in [-0.05, 0) is 101 Å². The van der Waals surface area contributed by atoms with Gasteiger partial charge in [-0.3, -0.25) is 4.98 Å². The van der Waals surface area contributed by atoms with Crippen LogP contribution in [0.2, 0.25) is 5.02 Å². The molecule has 1 fully saturated rings. The highest BCUT2D eigenvalue weighted by Gasteiger charge is 2.41. The van der Waals surface area contributed by atoms with Crippen LogP contribution in [0, 0.1) is 13.8 Å². The zero-order valence-corrected chi connectivity index (χ0v) is 20.6. The lowest BCUT2D eigenvalue weighted by molar-refractivity contribution is 0.292. The summed E-state index contributed by atoms with van der Waals surface area (Å²) in [5.74, 6) is 0. The van der Waals surface area contributed by atoms with Crippen LogP contribution in [0.5, 0.6) is 0 Å². The maximum Gasteiger partial charge on any atom is 0.170 e. The van der Waals surface area contributed by atoms with Crippen LogP contribution >= 0.6 is 23.8 Å². The van der Waals surface area contributed by atoms with E-state index in [1.807, 2.05) is 30.5 Å². The quantitative estimate of drug-likeness (QED) is 0.491. The van der Waals surface area contributed by atoms with Crippen LogP contribution in [-0.4, -0.2) is 51.6 Å². The van der Waals surface area contributed by atoms with Crippen LogP contribution < -0.4 is 5.32 Å². The van der Waals surface area contributed by atoms with Gasteiger partial charge in [0.1, 0.15) is 0 Å². The highest BCUT2D eigenvalue weighted by molar-refractivity contribution is 7.80.